The lowest BCUT2D eigenvalue weighted by Crippen LogP contribution is -2.50. The van der Waals surface area contributed by atoms with Gasteiger partial charge in [0.15, 0.2) is 0 Å². The zero-order chi connectivity index (χ0) is 28.5. The van der Waals surface area contributed by atoms with E-state index in [9.17, 15) is 19.5 Å². The standard InChI is InChI=1S/C28H37N5O6/c1-18-21(15-29-25(30-18)31-9-11-32(12-10-31)26(37)39-27(2,3)4)24(36)33(17-23(34)35)16-19-7-8-22-20(13-19)14-28(5,6)38-22/h7-8,13,15H,9-12,14,16-17H2,1-6H3,(H,34,35). The number of aromatic nitrogens is 2. The molecule has 3 heterocycles. The summed E-state index contributed by atoms with van der Waals surface area (Å²) in [6.07, 6.45) is 1.84. The topological polar surface area (TPSA) is 125 Å². The summed E-state index contributed by atoms with van der Waals surface area (Å²) in [5.74, 6) is -0.286. The molecule has 1 saturated heterocycles. The molecule has 4 rings (SSSR count). The van der Waals surface area contributed by atoms with E-state index in [4.69, 9.17) is 9.47 Å². The third-order valence-electron chi connectivity index (χ3n) is 6.53. The van der Waals surface area contributed by atoms with E-state index in [1.807, 2.05) is 57.7 Å². The van der Waals surface area contributed by atoms with Gasteiger partial charge in [-0.2, -0.15) is 0 Å². The smallest absolute Gasteiger partial charge is 0.410 e. The number of nitrogens with zero attached hydrogens (tertiary/aromatic N) is 5. The van der Waals surface area contributed by atoms with Crippen LogP contribution in [0.2, 0.25) is 0 Å². The molecule has 0 aliphatic carbocycles. The van der Waals surface area contributed by atoms with E-state index < -0.39 is 24.0 Å². The van der Waals surface area contributed by atoms with Gasteiger partial charge in [0, 0.05) is 45.3 Å². The number of carbonyl (C=O) groups excluding carboxylic acids is 2. The van der Waals surface area contributed by atoms with Crippen LogP contribution in [0.5, 0.6) is 5.75 Å². The maximum Gasteiger partial charge on any atom is 0.410 e. The van der Waals surface area contributed by atoms with Crippen LogP contribution in [0.4, 0.5) is 10.7 Å². The molecule has 0 radical (unpaired) electrons. The van der Waals surface area contributed by atoms with Crippen LogP contribution in [-0.4, -0.2) is 86.8 Å². The Morgan fingerprint density at radius 2 is 1.85 bits per heavy atom. The maximum absolute atomic E-state index is 13.4. The lowest BCUT2D eigenvalue weighted by molar-refractivity contribution is -0.137. The zero-order valence-corrected chi connectivity index (χ0v) is 23.5. The molecule has 11 nitrogen and oxygen atoms in total. The first kappa shape index (κ1) is 28.1. The molecular weight excluding hydrogens is 502 g/mol. The summed E-state index contributed by atoms with van der Waals surface area (Å²) in [7, 11) is 0. The number of hydrogen-bond acceptors (Lipinski definition) is 8. The first-order valence-electron chi connectivity index (χ1n) is 13.1. The van der Waals surface area contributed by atoms with Crippen molar-refractivity contribution < 1.29 is 29.0 Å². The lowest BCUT2D eigenvalue weighted by Gasteiger charge is -2.35. The molecule has 0 saturated carbocycles. The van der Waals surface area contributed by atoms with E-state index in [0.29, 0.717) is 37.8 Å². The maximum atomic E-state index is 13.4. The van der Waals surface area contributed by atoms with Crippen LogP contribution in [0.25, 0.3) is 0 Å². The molecule has 2 aromatic rings. The van der Waals surface area contributed by atoms with Crippen molar-refractivity contribution in [3.05, 3.63) is 46.8 Å². The van der Waals surface area contributed by atoms with E-state index in [2.05, 4.69) is 9.97 Å². The second-order valence-corrected chi connectivity index (χ2v) is 11.7. The van der Waals surface area contributed by atoms with Crippen molar-refractivity contribution in [1.29, 1.82) is 0 Å². The van der Waals surface area contributed by atoms with E-state index >= 15 is 0 Å². The molecule has 0 spiro atoms. The van der Waals surface area contributed by atoms with Gasteiger partial charge < -0.3 is 29.3 Å². The number of ether oxygens (including phenoxy) is 2. The van der Waals surface area contributed by atoms with Gasteiger partial charge in [0.25, 0.3) is 5.91 Å². The minimum absolute atomic E-state index is 0.132. The summed E-state index contributed by atoms with van der Waals surface area (Å²) in [5, 5.41) is 9.50. The van der Waals surface area contributed by atoms with E-state index in [0.717, 1.165) is 23.3 Å². The van der Waals surface area contributed by atoms with Crippen LogP contribution in [0, 0.1) is 6.92 Å². The van der Waals surface area contributed by atoms with Gasteiger partial charge in [-0.05, 0) is 58.7 Å². The van der Waals surface area contributed by atoms with Crippen LogP contribution < -0.4 is 9.64 Å². The van der Waals surface area contributed by atoms with Gasteiger partial charge in [0.05, 0.1) is 11.3 Å². The molecule has 39 heavy (non-hydrogen) atoms. The van der Waals surface area contributed by atoms with Crippen molar-refractivity contribution in [2.75, 3.05) is 37.6 Å². The second-order valence-electron chi connectivity index (χ2n) is 11.7. The van der Waals surface area contributed by atoms with Gasteiger partial charge >= 0.3 is 12.1 Å². The highest BCUT2D eigenvalue weighted by Crippen LogP contribution is 2.35. The monoisotopic (exact) mass is 539 g/mol. The number of aryl methyl sites for hydroxylation is 1. The minimum atomic E-state index is -1.10. The lowest BCUT2D eigenvalue weighted by atomic mass is 10.00. The summed E-state index contributed by atoms with van der Waals surface area (Å²) in [5.41, 5.74) is 1.71. The number of carboxylic acids is 1. The number of carboxylic acid groups (broad SMARTS) is 1. The van der Waals surface area contributed by atoms with Gasteiger partial charge in [-0.15, -0.1) is 0 Å². The molecule has 2 aliphatic heterocycles. The number of piperazine rings is 1. The number of fused-ring (bicyclic) bond motifs is 1. The first-order chi connectivity index (χ1) is 18.2. The first-order valence-corrected chi connectivity index (χ1v) is 13.1. The average Bonchev–Trinajstić information content (AvgIpc) is 3.15. The molecule has 1 N–H and O–H groups in total. The van der Waals surface area contributed by atoms with Crippen molar-refractivity contribution in [2.24, 2.45) is 0 Å². The normalized spacial score (nSPS) is 16.4. The van der Waals surface area contributed by atoms with Crippen LogP contribution in [0.1, 0.15) is 61.8 Å². The third-order valence-corrected chi connectivity index (χ3v) is 6.53. The highest BCUT2D eigenvalue weighted by Gasteiger charge is 2.31. The molecule has 11 heteroatoms. The van der Waals surface area contributed by atoms with Crippen molar-refractivity contribution in [1.82, 2.24) is 19.8 Å². The summed E-state index contributed by atoms with van der Waals surface area (Å²) in [6, 6.07) is 5.69. The van der Waals surface area contributed by atoms with E-state index in [-0.39, 0.29) is 23.8 Å². The van der Waals surface area contributed by atoms with Crippen LogP contribution in [0.15, 0.2) is 24.4 Å². The fourth-order valence-corrected chi connectivity index (χ4v) is 4.75. The third kappa shape index (κ3) is 6.96. The fraction of sp³-hybridized carbons (Fsp3) is 0.536. The summed E-state index contributed by atoms with van der Waals surface area (Å²) in [4.78, 5) is 51.3. The Labute approximate surface area is 228 Å². The Morgan fingerprint density at radius 1 is 1.15 bits per heavy atom. The number of rotatable bonds is 6. The van der Waals surface area contributed by atoms with Crippen molar-refractivity contribution in [2.45, 2.75) is 65.7 Å². The van der Waals surface area contributed by atoms with Gasteiger partial charge in [-0.25, -0.2) is 14.8 Å². The SMILES string of the molecule is Cc1nc(N2CCN(C(=O)OC(C)(C)C)CC2)ncc1C(=O)N(CC(=O)O)Cc1ccc2c(c1)CC(C)(C)O2. The Bertz CT molecular complexity index is 1260. The average molecular weight is 540 g/mol. The zero-order valence-electron chi connectivity index (χ0n) is 23.5. The van der Waals surface area contributed by atoms with E-state index in [1.54, 1.807) is 11.8 Å². The second kappa shape index (κ2) is 10.7. The number of anilines is 1. The molecule has 0 bridgehead atoms. The van der Waals surface area contributed by atoms with Gasteiger partial charge in [-0.1, -0.05) is 12.1 Å². The Hall–Kier alpha value is -3.89. The highest BCUT2D eigenvalue weighted by molar-refractivity contribution is 5.96. The van der Waals surface area contributed by atoms with E-state index in [1.165, 1.54) is 11.1 Å². The number of benzene rings is 1. The predicted octanol–water partition coefficient (Wildman–Crippen LogP) is 3.28. The molecule has 0 atom stereocenters. The largest absolute Gasteiger partial charge is 0.487 e. The van der Waals surface area contributed by atoms with Crippen LogP contribution in [0.3, 0.4) is 0 Å². The number of carbonyl (C=O) groups is 3. The number of hydrogen-bond donors (Lipinski definition) is 1. The van der Waals surface area contributed by atoms with Gasteiger partial charge in [0.1, 0.15) is 23.5 Å². The summed E-state index contributed by atoms with van der Waals surface area (Å²) in [6.45, 7) is 12.9. The molecular formula is C28H37N5O6. The molecule has 1 fully saturated rings. The van der Waals surface area contributed by atoms with Crippen molar-refractivity contribution in [3.63, 3.8) is 0 Å². The Morgan fingerprint density at radius 3 is 2.46 bits per heavy atom. The molecule has 0 unspecified atom stereocenters. The Kier molecular flexibility index (Phi) is 7.72. The molecule has 2 aliphatic rings. The van der Waals surface area contributed by atoms with Gasteiger partial charge in [0.2, 0.25) is 5.95 Å². The molecule has 1 aromatic carbocycles. The molecule has 2 amide bonds. The van der Waals surface area contributed by atoms with Gasteiger partial charge in [-0.3, -0.25) is 9.59 Å². The van der Waals surface area contributed by atoms with Crippen molar-refractivity contribution in [3.8, 4) is 5.75 Å². The van der Waals surface area contributed by atoms with Crippen LogP contribution >= 0.6 is 0 Å². The van der Waals surface area contributed by atoms with Crippen molar-refractivity contribution >= 4 is 23.9 Å². The number of amides is 2. The Balaban J connectivity index is 1.44. The molecule has 210 valence electrons. The predicted molar refractivity (Wildman–Crippen MR) is 144 cm³/mol. The summed E-state index contributed by atoms with van der Waals surface area (Å²) < 4.78 is 11.4. The highest BCUT2D eigenvalue weighted by atomic mass is 16.6. The molecule has 1 aromatic heterocycles. The summed E-state index contributed by atoms with van der Waals surface area (Å²) >= 11 is 0. The quantitative estimate of drug-likeness (QED) is 0.589. The fourth-order valence-electron chi connectivity index (χ4n) is 4.75. The van der Waals surface area contributed by atoms with Crippen LogP contribution in [-0.2, 0) is 22.5 Å². The number of aliphatic carboxylic acids is 1. The minimum Gasteiger partial charge on any atom is -0.487 e.